The summed E-state index contributed by atoms with van der Waals surface area (Å²) in [6.07, 6.45) is 2.19. The number of amides is 1. The fourth-order valence-electron chi connectivity index (χ4n) is 2.64. The molecule has 0 saturated carbocycles. The number of halogens is 2. The summed E-state index contributed by atoms with van der Waals surface area (Å²) in [7, 11) is 0. The minimum Gasteiger partial charge on any atom is -0.435 e. The van der Waals surface area contributed by atoms with Gasteiger partial charge < -0.3 is 15.4 Å². The van der Waals surface area contributed by atoms with Crippen molar-refractivity contribution in [1.29, 1.82) is 0 Å². The van der Waals surface area contributed by atoms with E-state index in [1.807, 2.05) is 0 Å². The number of rotatable bonds is 4. The molecule has 122 valence electrons. The Morgan fingerprint density at radius 3 is 3.00 bits per heavy atom. The Hall–Kier alpha value is -2.48. The van der Waals surface area contributed by atoms with E-state index in [2.05, 4.69) is 14.9 Å². The molecular weight excluding hydrogens is 306 g/mol. The molecule has 2 heterocycles. The van der Waals surface area contributed by atoms with Gasteiger partial charge in [0.2, 0.25) is 0 Å². The number of hydrogen-bond acceptors (Lipinski definition) is 4. The zero-order valence-electron chi connectivity index (χ0n) is 12.2. The third kappa shape index (κ3) is 3.31. The number of aromatic nitrogens is 2. The summed E-state index contributed by atoms with van der Waals surface area (Å²) in [6, 6.07) is 6.11. The highest BCUT2D eigenvalue weighted by atomic mass is 19.3. The van der Waals surface area contributed by atoms with E-state index >= 15 is 0 Å². The predicted molar refractivity (Wildman–Crippen MR) is 79.2 cm³/mol. The second-order valence-corrected chi connectivity index (χ2v) is 5.36. The highest BCUT2D eigenvalue weighted by molar-refractivity contribution is 6.00. The van der Waals surface area contributed by atoms with Crippen LogP contribution in [0.1, 0.15) is 16.8 Å². The second kappa shape index (κ2) is 6.33. The van der Waals surface area contributed by atoms with Crippen molar-refractivity contribution in [3.05, 3.63) is 36.0 Å². The Labute approximate surface area is 131 Å². The van der Waals surface area contributed by atoms with Crippen LogP contribution in [0.2, 0.25) is 0 Å². The zero-order chi connectivity index (χ0) is 16.4. The molecule has 1 aromatic carbocycles. The van der Waals surface area contributed by atoms with Gasteiger partial charge in [0.1, 0.15) is 5.75 Å². The molecule has 0 radical (unpaired) electrons. The van der Waals surface area contributed by atoms with E-state index in [9.17, 15) is 13.6 Å². The summed E-state index contributed by atoms with van der Waals surface area (Å²) >= 11 is 0. The average Bonchev–Trinajstić information content (AvgIpc) is 3.15. The first-order valence-corrected chi connectivity index (χ1v) is 7.18. The van der Waals surface area contributed by atoms with Crippen molar-refractivity contribution >= 4 is 5.91 Å². The number of hydrogen-bond donors (Lipinski definition) is 2. The molecule has 3 N–H and O–H groups in total. The van der Waals surface area contributed by atoms with Gasteiger partial charge in [-0.25, -0.2) is 0 Å². The van der Waals surface area contributed by atoms with E-state index in [0.717, 1.165) is 6.42 Å². The first kappa shape index (κ1) is 15.4. The molecule has 3 rings (SSSR count). The van der Waals surface area contributed by atoms with E-state index in [1.54, 1.807) is 17.0 Å². The molecule has 1 amide bonds. The molecule has 6 nitrogen and oxygen atoms in total. The maximum atomic E-state index is 12.6. The minimum atomic E-state index is -2.90. The number of aromatic amines is 1. The van der Waals surface area contributed by atoms with E-state index in [1.165, 1.54) is 18.3 Å². The first-order chi connectivity index (χ1) is 11.0. The summed E-state index contributed by atoms with van der Waals surface area (Å²) in [5.41, 5.74) is 7.23. The van der Waals surface area contributed by atoms with E-state index in [0.29, 0.717) is 29.9 Å². The fraction of sp³-hybridized carbons (Fsp3) is 0.333. The number of nitrogens with zero attached hydrogens (tertiary/aromatic N) is 2. The molecule has 0 aliphatic carbocycles. The minimum absolute atomic E-state index is 0.0166. The van der Waals surface area contributed by atoms with Gasteiger partial charge in [-0.05, 0) is 18.6 Å². The molecule has 1 aromatic heterocycles. The van der Waals surface area contributed by atoms with Crippen LogP contribution < -0.4 is 10.5 Å². The Kier molecular flexibility index (Phi) is 4.24. The lowest BCUT2D eigenvalue weighted by Crippen LogP contribution is -2.31. The van der Waals surface area contributed by atoms with Crippen LogP contribution in [0.15, 0.2) is 30.5 Å². The van der Waals surface area contributed by atoms with E-state index in [-0.39, 0.29) is 17.7 Å². The standard InChI is InChI=1S/C15H16F2N4O2/c16-15(17)23-11-3-1-2-9(6-11)13-12(7-19-20-13)14(22)21-5-4-10(18)8-21/h1-3,6-7,10,15H,4-5,8,18H2,(H,19,20)/t10-/m1/s1. The van der Waals surface area contributed by atoms with Crippen molar-refractivity contribution in [2.75, 3.05) is 13.1 Å². The number of ether oxygens (including phenoxy) is 1. The summed E-state index contributed by atoms with van der Waals surface area (Å²) in [5.74, 6) is -0.157. The number of benzene rings is 1. The normalized spacial score (nSPS) is 17.7. The van der Waals surface area contributed by atoms with Crippen LogP contribution in [-0.4, -0.2) is 46.7 Å². The molecule has 0 unspecified atom stereocenters. The zero-order valence-corrected chi connectivity index (χ0v) is 12.2. The number of likely N-dealkylation sites (tertiary alicyclic amines) is 1. The third-order valence-electron chi connectivity index (χ3n) is 3.73. The summed E-state index contributed by atoms with van der Waals surface area (Å²) < 4.78 is 29.0. The monoisotopic (exact) mass is 322 g/mol. The van der Waals surface area contributed by atoms with Crippen molar-refractivity contribution < 1.29 is 18.3 Å². The Morgan fingerprint density at radius 1 is 1.48 bits per heavy atom. The molecule has 1 aliphatic heterocycles. The number of H-pyrrole nitrogens is 1. The fourth-order valence-corrected chi connectivity index (χ4v) is 2.64. The van der Waals surface area contributed by atoms with Gasteiger partial charge in [0.15, 0.2) is 0 Å². The van der Waals surface area contributed by atoms with Gasteiger partial charge >= 0.3 is 6.61 Å². The van der Waals surface area contributed by atoms with Crippen molar-refractivity contribution in [3.8, 4) is 17.0 Å². The maximum Gasteiger partial charge on any atom is 0.387 e. The van der Waals surface area contributed by atoms with Crippen LogP contribution in [0.5, 0.6) is 5.75 Å². The summed E-state index contributed by atoms with van der Waals surface area (Å²) in [5, 5.41) is 6.65. The van der Waals surface area contributed by atoms with Crippen LogP contribution in [0, 0.1) is 0 Å². The van der Waals surface area contributed by atoms with Gasteiger partial charge in [0, 0.05) is 24.7 Å². The largest absolute Gasteiger partial charge is 0.435 e. The van der Waals surface area contributed by atoms with Gasteiger partial charge in [-0.1, -0.05) is 12.1 Å². The van der Waals surface area contributed by atoms with Crippen LogP contribution in [0.3, 0.4) is 0 Å². The number of nitrogens with one attached hydrogen (secondary N) is 1. The molecule has 1 aliphatic rings. The van der Waals surface area contributed by atoms with Crippen LogP contribution >= 0.6 is 0 Å². The molecule has 0 spiro atoms. The number of carbonyl (C=O) groups excluding carboxylic acids is 1. The summed E-state index contributed by atoms with van der Waals surface area (Å²) in [4.78, 5) is 14.2. The van der Waals surface area contributed by atoms with Gasteiger partial charge in [-0.15, -0.1) is 0 Å². The smallest absolute Gasteiger partial charge is 0.387 e. The van der Waals surface area contributed by atoms with Crippen LogP contribution in [0.4, 0.5) is 8.78 Å². The second-order valence-electron chi connectivity index (χ2n) is 5.36. The van der Waals surface area contributed by atoms with Gasteiger partial charge in [-0.2, -0.15) is 13.9 Å². The molecule has 1 atom stereocenters. The Balaban J connectivity index is 1.87. The topological polar surface area (TPSA) is 84.2 Å². The average molecular weight is 322 g/mol. The molecular formula is C15H16F2N4O2. The van der Waals surface area contributed by atoms with E-state index in [4.69, 9.17) is 5.73 Å². The lowest BCUT2D eigenvalue weighted by Gasteiger charge is -2.15. The van der Waals surface area contributed by atoms with Gasteiger partial charge in [0.05, 0.1) is 17.5 Å². The predicted octanol–water partition coefficient (Wildman–Crippen LogP) is 1.85. The SMILES string of the molecule is N[C@@H]1CCN(C(=O)c2cn[nH]c2-c2cccc(OC(F)F)c2)C1. The summed E-state index contributed by atoms with van der Waals surface area (Å²) in [6.45, 7) is -1.81. The maximum absolute atomic E-state index is 12.6. The van der Waals surface area contributed by atoms with Crippen molar-refractivity contribution in [2.24, 2.45) is 5.73 Å². The van der Waals surface area contributed by atoms with Gasteiger partial charge in [0.25, 0.3) is 5.91 Å². The number of nitrogens with two attached hydrogens (primary N) is 1. The Bertz CT molecular complexity index is 704. The van der Waals surface area contributed by atoms with Crippen molar-refractivity contribution in [1.82, 2.24) is 15.1 Å². The van der Waals surface area contributed by atoms with Crippen LogP contribution in [0.25, 0.3) is 11.3 Å². The lowest BCUT2D eigenvalue weighted by molar-refractivity contribution is -0.0498. The number of alkyl halides is 2. The molecule has 23 heavy (non-hydrogen) atoms. The van der Waals surface area contributed by atoms with Crippen LogP contribution in [-0.2, 0) is 0 Å². The quantitative estimate of drug-likeness (QED) is 0.900. The Morgan fingerprint density at radius 2 is 2.30 bits per heavy atom. The molecule has 0 bridgehead atoms. The molecule has 8 heteroatoms. The highest BCUT2D eigenvalue weighted by Crippen LogP contribution is 2.27. The van der Waals surface area contributed by atoms with Gasteiger partial charge in [-0.3, -0.25) is 9.89 Å². The lowest BCUT2D eigenvalue weighted by atomic mass is 10.1. The first-order valence-electron chi connectivity index (χ1n) is 7.18. The molecule has 1 saturated heterocycles. The highest BCUT2D eigenvalue weighted by Gasteiger charge is 2.27. The molecule has 1 fully saturated rings. The number of carbonyl (C=O) groups is 1. The van der Waals surface area contributed by atoms with E-state index < -0.39 is 6.61 Å². The van der Waals surface area contributed by atoms with Crippen molar-refractivity contribution in [2.45, 2.75) is 19.1 Å². The molecule has 2 aromatic rings. The third-order valence-corrected chi connectivity index (χ3v) is 3.73. The van der Waals surface area contributed by atoms with Crippen molar-refractivity contribution in [3.63, 3.8) is 0 Å².